The minimum atomic E-state index is 0.183. The van der Waals surface area contributed by atoms with E-state index in [1.807, 2.05) is 0 Å². The second-order valence-corrected chi connectivity index (χ2v) is 5.42. The lowest BCUT2D eigenvalue weighted by atomic mass is 9.90. The van der Waals surface area contributed by atoms with Crippen LogP contribution >= 0.6 is 0 Å². The van der Waals surface area contributed by atoms with Gasteiger partial charge in [-0.2, -0.15) is 0 Å². The van der Waals surface area contributed by atoms with Crippen molar-refractivity contribution < 1.29 is 9.53 Å². The van der Waals surface area contributed by atoms with E-state index in [9.17, 15) is 4.79 Å². The quantitative estimate of drug-likeness (QED) is 0.768. The highest BCUT2D eigenvalue weighted by atomic mass is 16.5. The summed E-state index contributed by atoms with van der Waals surface area (Å²) in [5.41, 5.74) is 0. The topological polar surface area (TPSA) is 50.4 Å². The van der Waals surface area contributed by atoms with Crippen molar-refractivity contribution >= 4 is 5.91 Å². The molecule has 3 unspecified atom stereocenters. The van der Waals surface area contributed by atoms with Crippen molar-refractivity contribution in [3.8, 4) is 0 Å². The molecule has 0 aromatic rings. The summed E-state index contributed by atoms with van der Waals surface area (Å²) in [6.45, 7) is 5.72. The summed E-state index contributed by atoms with van der Waals surface area (Å²) in [5.74, 6) is 1.32. The molecule has 2 fully saturated rings. The van der Waals surface area contributed by atoms with Gasteiger partial charge in [0.15, 0.2) is 0 Å². The van der Waals surface area contributed by atoms with Gasteiger partial charge in [-0.3, -0.25) is 4.79 Å². The third-order valence-electron chi connectivity index (χ3n) is 3.95. The van der Waals surface area contributed by atoms with Crippen molar-refractivity contribution in [1.29, 1.82) is 0 Å². The molecule has 2 N–H and O–H groups in total. The molecule has 0 saturated carbocycles. The van der Waals surface area contributed by atoms with E-state index in [-0.39, 0.29) is 5.91 Å². The Morgan fingerprint density at radius 2 is 2.35 bits per heavy atom. The van der Waals surface area contributed by atoms with Gasteiger partial charge in [0.25, 0.3) is 0 Å². The third-order valence-corrected chi connectivity index (χ3v) is 3.95. The lowest BCUT2D eigenvalue weighted by Crippen LogP contribution is -2.44. The number of hydrogen-bond acceptors (Lipinski definition) is 3. The van der Waals surface area contributed by atoms with Crippen LogP contribution in [0.15, 0.2) is 0 Å². The predicted octanol–water partition coefficient (Wildman–Crippen LogP) is 0.917. The van der Waals surface area contributed by atoms with Gasteiger partial charge in [-0.1, -0.05) is 6.92 Å². The maximum atomic E-state index is 11.8. The summed E-state index contributed by atoms with van der Waals surface area (Å²) >= 11 is 0. The van der Waals surface area contributed by atoms with Gasteiger partial charge in [0.05, 0.1) is 6.61 Å². The summed E-state index contributed by atoms with van der Waals surface area (Å²) in [7, 11) is 0. The van der Waals surface area contributed by atoms with Crippen molar-refractivity contribution in [3.05, 3.63) is 0 Å². The van der Waals surface area contributed by atoms with Gasteiger partial charge in [-0.05, 0) is 31.7 Å². The molecule has 3 atom stereocenters. The Kier molecular flexibility index (Phi) is 4.80. The highest BCUT2D eigenvalue weighted by Gasteiger charge is 2.23. The molecular formula is C13H24N2O2. The molecule has 4 heteroatoms. The molecule has 2 heterocycles. The predicted molar refractivity (Wildman–Crippen MR) is 66.7 cm³/mol. The number of rotatable bonds is 4. The van der Waals surface area contributed by atoms with Crippen molar-refractivity contribution in [2.24, 2.45) is 11.8 Å². The Balaban J connectivity index is 1.65. The third kappa shape index (κ3) is 3.96. The van der Waals surface area contributed by atoms with Crippen molar-refractivity contribution in [3.63, 3.8) is 0 Å². The monoisotopic (exact) mass is 240 g/mol. The number of ether oxygens (including phenoxy) is 1. The average Bonchev–Trinajstić information content (AvgIpc) is 2.82. The number of hydrogen-bond donors (Lipinski definition) is 2. The standard InChI is InChI=1S/C13H24N2O2/c1-10-3-2-5-14-12(10)7-13(16)15-8-11-4-6-17-9-11/h10-12,14H,2-9H2,1H3,(H,15,16). The zero-order valence-corrected chi connectivity index (χ0v) is 10.7. The van der Waals surface area contributed by atoms with E-state index in [2.05, 4.69) is 17.6 Å². The van der Waals surface area contributed by atoms with E-state index in [0.29, 0.717) is 24.3 Å². The van der Waals surface area contributed by atoms with Crippen LogP contribution in [0.5, 0.6) is 0 Å². The maximum Gasteiger partial charge on any atom is 0.221 e. The van der Waals surface area contributed by atoms with E-state index >= 15 is 0 Å². The van der Waals surface area contributed by atoms with Crippen LogP contribution in [0.3, 0.4) is 0 Å². The average molecular weight is 240 g/mol. The SMILES string of the molecule is CC1CCCNC1CC(=O)NCC1CCOC1. The van der Waals surface area contributed by atoms with Crippen LogP contribution in [0.2, 0.25) is 0 Å². The Labute approximate surface area is 103 Å². The lowest BCUT2D eigenvalue weighted by Gasteiger charge is -2.29. The normalized spacial score (nSPS) is 33.6. The summed E-state index contributed by atoms with van der Waals surface area (Å²) in [5, 5.41) is 6.48. The van der Waals surface area contributed by atoms with E-state index in [1.165, 1.54) is 12.8 Å². The van der Waals surface area contributed by atoms with Crippen molar-refractivity contribution in [2.45, 2.75) is 38.6 Å². The van der Waals surface area contributed by atoms with Gasteiger partial charge in [0.1, 0.15) is 0 Å². The Morgan fingerprint density at radius 1 is 1.47 bits per heavy atom. The molecule has 1 amide bonds. The van der Waals surface area contributed by atoms with Crippen molar-refractivity contribution in [2.75, 3.05) is 26.3 Å². The van der Waals surface area contributed by atoms with Crippen LogP contribution in [0.25, 0.3) is 0 Å². The fourth-order valence-corrected chi connectivity index (χ4v) is 2.66. The van der Waals surface area contributed by atoms with Crippen LogP contribution in [0, 0.1) is 11.8 Å². The summed E-state index contributed by atoms with van der Waals surface area (Å²) in [4.78, 5) is 11.8. The fourth-order valence-electron chi connectivity index (χ4n) is 2.66. The molecule has 2 aliphatic rings. The smallest absolute Gasteiger partial charge is 0.221 e. The number of amides is 1. The number of carbonyl (C=O) groups is 1. The molecule has 98 valence electrons. The van der Waals surface area contributed by atoms with Crippen LogP contribution in [-0.4, -0.2) is 38.3 Å². The van der Waals surface area contributed by atoms with Gasteiger partial charge < -0.3 is 15.4 Å². The number of nitrogens with one attached hydrogen (secondary N) is 2. The molecule has 2 aliphatic heterocycles. The Hall–Kier alpha value is -0.610. The van der Waals surface area contributed by atoms with Crippen LogP contribution in [0.4, 0.5) is 0 Å². The molecule has 0 aromatic heterocycles. The Bertz CT molecular complexity index is 252. The number of carbonyl (C=O) groups excluding carboxylic acids is 1. The van der Waals surface area contributed by atoms with Crippen LogP contribution in [0.1, 0.15) is 32.6 Å². The van der Waals surface area contributed by atoms with Crippen molar-refractivity contribution in [1.82, 2.24) is 10.6 Å². The molecule has 0 bridgehead atoms. The molecule has 2 saturated heterocycles. The van der Waals surface area contributed by atoms with Gasteiger partial charge >= 0.3 is 0 Å². The first-order chi connectivity index (χ1) is 8.25. The van der Waals surface area contributed by atoms with E-state index < -0.39 is 0 Å². The summed E-state index contributed by atoms with van der Waals surface area (Å²) in [6.07, 6.45) is 4.17. The maximum absolute atomic E-state index is 11.8. The molecule has 17 heavy (non-hydrogen) atoms. The van der Waals surface area contributed by atoms with Gasteiger partial charge in [0, 0.05) is 31.5 Å². The Morgan fingerprint density at radius 3 is 3.06 bits per heavy atom. The minimum absolute atomic E-state index is 0.183. The molecule has 2 rings (SSSR count). The second-order valence-electron chi connectivity index (χ2n) is 5.42. The molecule has 0 radical (unpaired) electrons. The molecule has 0 aliphatic carbocycles. The van der Waals surface area contributed by atoms with Gasteiger partial charge in [-0.25, -0.2) is 0 Å². The van der Waals surface area contributed by atoms with Gasteiger partial charge in [-0.15, -0.1) is 0 Å². The van der Waals surface area contributed by atoms with Gasteiger partial charge in [0.2, 0.25) is 5.91 Å². The zero-order valence-electron chi connectivity index (χ0n) is 10.7. The lowest BCUT2D eigenvalue weighted by molar-refractivity contribution is -0.122. The molecule has 0 spiro atoms. The molecule has 0 aromatic carbocycles. The highest BCUT2D eigenvalue weighted by molar-refractivity contribution is 5.76. The largest absolute Gasteiger partial charge is 0.381 e. The number of piperidine rings is 1. The summed E-state index contributed by atoms with van der Waals surface area (Å²) in [6, 6.07) is 0.364. The summed E-state index contributed by atoms with van der Waals surface area (Å²) < 4.78 is 5.29. The van der Waals surface area contributed by atoms with E-state index in [4.69, 9.17) is 4.74 Å². The first-order valence-corrected chi connectivity index (χ1v) is 6.83. The second kappa shape index (κ2) is 6.36. The van der Waals surface area contributed by atoms with Crippen LogP contribution in [-0.2, 0) is 9.53 Å². The van der Waals surface area contributed by atoms with E-state index in [0.717, 1.165) is 32.7 Å². The minimum Gasteiger partial charge on any atom is -0.381 e. The fraction of sp³-hybridized carbons (Fsp3) is 0.923. The first kappa shape index (κ1) is 12.8. The first-order valence-electron chi connectivity index (χ1n) is 6.83. The molecule has 4 nitrogen and oxygen atoms in total. The van der Waals surface area contributed by atoms with Crippen LogP contribution < -0.4 is 10.6 Å². The molecular weight excluding hydrogens is 216 g/mol. The zero-order chi connectivity index (χ0) is 12.1. The highest BCUT2D eigenvalue weighted by Crippen LogP contribution is 2.18. The van der Waals surface area contributed by atoms with E-state index in [1.54, 1.807) is 0 Å².